The standard InChI is InChI=1S/C22H27F3N2O2/c23-22(24,25)18-4-2-1-3-17(18)20(29)27-6-5-26-19(28)13-21-10-14-7-15(11-21)9-16(8-14)12-21/h1-4,14-16H,5-13H2,(H,26,28)(H,27,29). The Hall–Kier alpha value is -2.05. The van der Waals surface area contributed by atoms with E-state index in [9.17, 15) is 22.8 Å². The lowest BCUT2D eigenvalue weighted by atomic mass is 9.49. The average Bonchev–Trinajstić information content (AvgIpc) is 2.63. The molecule has 0 aliphatic heterocycles. The highest BCUT2D eigenvalue weighted by Gasteiger charge is 2.51. The first-order chi connectivity index (χ1) is 13.7. The van der Waals surface area contributed by atoms with Crippen LogP contribution in [0.5, 0.6) is 0 Å². The van der Waals surface area contributed by atoms with E-state index < -0.39 is 23.2 Å². The average molecular weight is 408 g/mol. The SMILES string of the molecule is O=C(CC12CC3CC(CC(C3)C1)C2)NCCNC(=O)c1ccccc1C(F)(F)F. The van der Waals surface area contributed by atoms with Gasteiger partial charge in [0.15, 0.2) is 0 Å². The molecule has 4 saturated carbocycles. The zero-order valence-electron chi connectivity index (χ0n) is 16.4. The predicted molar refractivity (Wildman–Crippen MR) is 102 cm³/mol. The highest BCUT2D eigenvalue weighted by Crippen LogP contribution is 2.61. The van der Waals surface area contributed by atoms with Crippen LogP contribution in [0.4, 0.5) is 13.2 Å². The Labute approximate surface area is 168 Å². The number of hydrogen-bond acceptors (Lipinski definition) is 2. The molecule has 158 valence electrons. The molecule has 4 aliphatic carbocycles. The lowest BCUT2D eigenvalue weighted by molar-refractivity contribution is -0.138. The van der Waals surface area contributed by atoms with Crippen molar-refractivity contribution < 1.29 is 22.8 Å². The first-order valence-corrected chi connectivity index (χ1v) is 10.5. The van der Waals surface area contributed by atoms with Crippen LogP contribution in [-0.2, 0) is 11.0 Å². The molecule has 0 saturated heterocycles. The Morgan fingerprint density at radius 1 is 0.931 bits per heavy atom. The quantitative estimate of drug-likeness (QED) is 0.695. The molecule has 4 fully saturated rings. The van der Waals surface area contributed by atoms with Gasteiger partial charge in [0, 0.05) is 19.5 Å². The van der Waals surface area contributed by atoms with Crippen molar-refractivity contribution in [3.63, 3.8) is 0 Å². The zero-order valence-corrected chi connectivity index (χ0v) is 16.4. The van der Waals surface area contributed by atoms with Gasteiger partial charge in [-0.1, -0.05) is 12.1 Å². The van der Waals surface area contributed by atoms with Crippen LogP contribution in [0.1, 0.15) is 60.9 Å². The maximum atomic E-state index is 13.0. The number of hydrogen-bond donors (Lipinski definition) is 2. The molecule has 1 aromatic carbocycles. The molecule has 4 aliphatic rings. The third-order valence-corrected chi connectivity index (χ3v) is 6.91. The van der Waals surface area contributed by atoms with E-state index >= 15 is 0 Å². The molecule has 4 nitrogen and oxygen atoms in total. The normalized spacial score (nSPS) is 30.2. The summed E-state index contributed by atoms with van der Waals surface area (Å²) in [5, 5.41) is 5.31. The summed E-state index contributed by atoms with van der Waals surface area (Å²) in [6.07, 6.45) is 3.37. The Bertz CT molecular complexity index is 755. The Kier molecular flexibility index (Phi) is 5.34. The van der Waals surface area contributed by atoms with Crippen LogP contribution in [0.25, 0.3) is 0 Å². The number of alkyl halides is 3. The molecule has 0 spiro atoms. The molecule has 0 heterocycles. The fourth-order valence-corrected chi connectivity index (χ4v) is 6.31. The Morgan fingerprint density at radius 3 is 2.07 bits per heavy atom. The van der Waals surface area contributed by atoms with Gasteiger partial charge in [-0.2, -0.15) is 13.2 Å². The van der Waals surface area contributed by atoms with Crippen LogP contribution < -0.4 is 10.6 Å². The number of amides is 2. The van der Waals surface area contributed by atoms with Crippen molar-refractivity contribution in [1.29, 1.82) is 0 Å². The van der Waals surface area contributed by atoms with Gasteiger partial charge in [0.1, 0.15) is 0 Å². The van der Waals surface area contributed by atoms with Gasteiger partial charge in [-0.3, -0.25) is 9.59 Å². The highest BCUT2D eigenvalue weighted by molar-refractivity contribution is 5.95. The van der Waals surface area contributed by atoms with Crippen molar-refractivity contribution in [2.24, 2.45) is 23.2 Å². The van der Waals surface area contributed by atoms with Crippen molar-refractivity contribution in [2.45, 2.75) is 51.1 Å². The maximum Gasteiger partial charge on any atom is 0.417 e. The van der Waals surface area contributed by atoms with E-state index in [1.807, 2.05) is 0 Å². The smallest absolute Gasteiger partial charge is 0.354 e. The van der Waals surface area contributed by atoms with E-state index in [1.54, 1.807) is 0 Å². The minimum atomic E-state index is -4.58. The summed E-state index contributed by atoms with van der Waals surface area (Å²) >= 11 is 0. The summed E-state index contributed by atoms with van der Waals surface area (Å²) in [5.74, 6) is 1.54. The monoisotopic (exact) mass is 408 g/mol. The van der Waals surface area contributed by atoms with E-state index in [-0.39, 0.29) is 24.4 Å². The van der Waals surface area contributed by atoms with Gasteiger partial charge in [0.25, 0.3) is 5.91 Å². The van der Waals surface area contributed by atoms with E-state index in [1.165, 1.54) is 31.4 Å². The molecule has 4 bridgehead atoms. The van der Waals surface area contributed by atoms with Gasteiger partial charge < -0.3 is 10.6 Å². The number of halogens is 3. The molecule has 29 heavy (non-hydrogen) atoms. The third-order valence-electron chi connectivity index (χ3n) is 6.91. The third kappa shape index (κ3) is 4.43. The van der Waals surface area contributed by atoms with Crippen LogP contribution in [0.2, 0.25) is 0 Å². The number of nitrogens with one attached hydrogen (secondary N) is 2. The van der Waals surface area contributed by atoms with Crippen LogP contribution in [0.15, 0.2) is 24.3 Å². The molecule has 0 atom stereocenters. The molecule has 5 rings (SSSR count). The van der Waals surface area contributed by atoms with Gasteiger partial charge in [0.05, 0.1) is 11.1 Å². The summed E-state index contributed by atoms with van der Waals surface area (Å²) in [6.45, 7) is 0.308. The second-order valence-electron chi connectivity index (χ2n) is 9.24. The molecule has 7 heteroatoms. The molecule has 0 radical (unpaired) electrons. The summed E-state index contributed by atoms with van der Waals surface area (Å²) in [7, 11) is 0. The van der Waals surface area contributed by atoms with Crippen LogP contribution in [0.3, 0.4) is 0 Å². The molecule has 0 unspecified atom stereocenters. The highest BCUT2D eigenvalue weighted by atomic mass is 19.4. The minimum absolute atomic E-state index is 0.0168. The van der Waals surface area contributed by atoms with Gasteiger partial charge >= 0.3 is 6.18 Å². The number of rotatable bonds is 6. The van der Waals surface area contributed by atoms with Crippen molar-refractivity contribution in [1.82, 2.24) is 10.6 Å². The predicted octanol–water partition coefficient (Wildman–Crippen LogP) is 4.16. The molecular weight excluding hydrogens is 381 g/mol. The fraction of sp³-hybridized carbons (Fsp3) is 0.636. The first-order valence-electron chi connectivity index (χ1n) is 10.5. The van der Waals surface area contributed by atoms with E-state index in [0.717, 1.165) is 49.1 Å². The Morgan fingerprint density at radius 2 is 1.48 bits per heavy atom. The van der Waals surface area contributed by atoms with Crippen LogP contribution in [-0.4, -0.2) is 24.9 Å². The maximum absolute atomic E-state index is 13.0. The molecule has 2 N–H and O–H groups in total. The minimum Gasteiger partial charge on any atom is -0.354 e. The molecular formula is C22H27F3N2O2. The number of carbonyl (C=O) groups is 2. The van der Waals surface area contributed by atoms with Crippen molar-refractivity contribution in [3.05, 3.63) is 35.4 Å². The van der Waals surface area contributed by atoms with Gasteiger partial charge in [-0.05, 0) is 73.8 Å². The van der Waals surface area contributed by atoms with E-state index in [4.69, 9.17) is 0 Å². The number of benzene rings is 1. The van der Waals surface area contributed by atoms with E-state index in [0.29, 0.717) is 6.42 Å². The summed E-state index contributed by atoms with van der Waals surface area (Å²) in [6, 6.07) is 4.70. The van der Waals surface area contributed by atoms with Crippen molar-refractivity contribution >= 4 is 11.8 Å². The van der Waals surface area contributed by atoms with Crippen molar-refractivity contribution in [2.75, 3.05) is 13.1 Å². The zero-order chi connectivity index (χ0) is 20.6. The molecule has 1 aromatic rings. The van der Waals surface area contributed by atoms with Gasteiger partial charge in [-0.15, -0.1) is 0 Å². The van der Waals surface area contributed by atoms with E-state index in [2.05, 4.69) is 10.6 Å². The lowest BCUT2D eigenvalue weighted by Crippen LogP contribution is -2.48. The summed E-state index contributed by atoms with van der Waals surface area (Å²) < 4.78 is 39.1. The molecule has 0 aromatic heterocycles. The Balaban J connectivity index is 1.24. The lowest BCUT2D eigenvalue weighted by Gasteiger charge is -2.56. The van der Waals surface area contributed by atoms with Gasteiger partial charge in [-0.25, -0.2) is 0 Å². The second kappa shape index (κ2) is 7.65. The topological polar surface area (TPSA) is 58.2 Å². The first kappa shape index (κ1) is 20.2. The summed E-state index contributed by atoms with van der Waals surface area (Å²) in [4.78, 5) is 24.6. The fourth-order valence-electron chi connectivity index (χ4n) is 6.31. The van der Waals surface area contributed by atoms with Crippen LogP contribution in [0, 0.1) is 23.2 Å². The van der Waals surface area contributed by atoms with Crippen molar-refractivity contribution in [3.8, 4) is 0 Å². The molecule has 2 amide bonds. The van der Waals surface area contributed by atoms with Crippen LogP contribution >= 0.6 is 0 Å². The summed E-state index contributed by atoms with van der Waals surface area (Å²) in [5.41, 5.74) is -1.21. The van der Waals surface area contributed by atoms with Gasteiger partial charge in [0.2, 0.25) is 5.91 Å². The second-order valence-corrected chi connectivity index (χ2v) is 9.24. The largest absolute Gasteiger partial charge is 0.417 e. The number of carbonyl (C=O) groups excluding carboxylic acids is 2.